The Kier molecular flexibility index (Phi) is 3.96. The van der Waals surface area contributed by atoms with Gasteiger partial charge in [-0.05, 0) is 45.0 Å². The van der Waals surface area contributed by atoms with Crippen molar-refractivity contribution in [1.29, 1.82) is 0 Å². The zero-order valence-corrected chi connectivity index (χ0v) is 12.0. The van der Waals surface area contributed by atoms with Gasteiger partial charge in [-0.15, -0.1) is 5.10 Å². The number of rotatable bonds is 3. The van der Waals surface area contributed by atoms with E-state index in [9.17, 15) is 4.79 Å². The minimum Gasteiger partial charge on any atom is -0.348 e. The first-order chi connectivity index (χ1) is 10.2. The van der Waals surface area contributed by atoms with Crippen LogP contribution in [0.15, 0.2) is 30.5 Å². The molecule has 0 atom stereocenters. The number of carbonyl (C=O) groups is 1. The van der Waals surface area contributed by atoms with Crippen molar-refractivity contribution in [1.82, 2.24) is 25.6 Å². The lowest BCUT2D eigenvalue weighted by Gasteiger charge is -2.23. The van der Waals surface area contributed by atoms with E-state index in [0.29, 0.717) is 5.69 Å². The first-order valence-corrected chi connectivity index (χ1v) is 7.23. The van der Waals surface area contributed by atoms with Crippen molar-refractivity contribution >= 4 is 5.91 Å². The molecular weight excluding hydrogens is 266 g/mol. The Hall–Kier alpha value is -2.21. The molecule has 2 aromatic rings. The molecular formula is C15H19N5O. The normalized spacial score (nSPS) is 15.9. The summed E-state index contributed by atoms with van der Waals surface area (Å²) in [5, 5.41) is 14.3. The predicted octanol–water partition coefficient (Wildman–Crippen LogP) is 1.06. The van der Waals surface area contributed by atoms with Crippen molar-refractivity contribution in [3.05, 3.63) is 41.7 Å². The molecule has 0 aliphatic carbocycles. The van der Waals surface area contributed by atoms with Crippen molar-refractivity contribution in [2.75, 3.05) is 13.1 Å². The maximum absolute atomic E-state index is 12.2. The highest BCUT2D eigenvalue weighted by molar-refractivity contribution is 5.92. The Balaban J connectivity index is 1.69. The molecule has 0 radical (unpaired) electrons. The lowest BCUT2D eigenvalue weighted by Crippen LogP contribution is -2.42. The van der Waals surface area contributed by atoms with Crippen molar-refractivity contribution in [3.63, 3.8) is 0 Å². The van der Waals surface area contributed by atoms with E-state index in [4.69, 9.17) is 0 Å². The van der Waals surface area contributed by atoms with Gasteiger partial charge in [-0.1, -0.05) is 22.9 Å². The molecule has 0 unspecified atom stereocenters. The van der Waals surface area contributed by atoms with Crippen LogP contribution in [-0.2, 0) is 0 Å². The molecule has 1 aromatic carbocycles. The zero-order valence-electron chi connectivity index (χ0n) is 12.0. The molecule has 1 aliphatic heterocycles. The summed E-state index contributed by atoms with van der Waals surface area (Å²) in [5.41, 5.74) is 2.44. The molecule has 0 spiro atoms. The van der Waals surface area contributed by atoms with Crippen LogP contribution >= 0.6 is 0 Å². The highest BCUT2D eigenvalue weighted by atomic mass is 16.2. The van der Waals surface area contributed by atoms with Crippen LogP contribution in [0.4, 0.5) is 0 Å². The van der Waals surface area contributed by atoms with Gasteiger partial charge < -0.3 is 10.6 Å². The van der Waals surface area contributed by atoms with Crippen LogP contribution in [0.5, 0.6) is 0 Å². The topological polar surface area (TPSA) is 71.8 Å². The van der Waals surface area contributed by atoms with Crippen LogP contribution in [-0.4, -0.2) is 40.0 Å². The number of aryl methyl sites for hydroxylation is 1. The van der Waals surface area contributed by atoms with E-state index in [0.717, 1.165) is 31.6 Å². The Bertz CT molecular complexity index is 613. The SMILES string of the molecule is Cc1ccc(-n2cc(C(=O)NC3CCNCC3)nn2)cc1. The molecule has 110 valence electrons. The smallest absolute Gasteiger partial charge is 0.273 e. The van der Waals surface area contributed by atoms with Crippen molar-refractivity contribution in [2.45, 2.75) is 25.8 Å². The second-order valence-electron chi connectivity index (χ2n) is 5.38. The highest BCUT2D eigenvalue weighted by Gasteiger charge is 2.18. The summed E-state index contributed by atoms with van der Waals surface area (Å²) in [6.07, 6.45) is 3.58. The molecule has 6 heteroatoms. The standard InChI is InChI=1S/C15H19N5O/c1-11-2-4-13(5-3-11)20-10-14(18-19-20)15(21)17-12-6-8-16-9-7-12/h2-5,10,12,16H,6-9H2,1H3,(H,17,21). The number of hydrogen-bond acceptors (Lipinski definition) is 4. The predicted molar refractivity (Wildman–Crippen MR) is 79.5 cm³/mol. The summed E-state index contributed by atoms with van der Waals surface area (Å²) in [6, 6.07) is 8.15. The van der Waals surface area contributed by atoms with Gasteiger partial charge in [0.25, 0.3) is 5.91 Å². The van der Waals surface area contributed by atoms with Gasteiger partial charge in [-0.3, -0.25) is 4.79 Å². The van der Waals surface area contributed by atoms with E-state index in [-0.39, 0.29) is 11.9 Å². The number of amides is 1. The summed E-state index contributed by atoms with van der Waals surface area (Å²) >= 11 is 0. The van der Waals surface area contributed by atoms with Gasteiger partial charge in [-0.2, -0.15) is 0 Å². The van der Waals surface area contributed by atoms with Crippen LogP contribution < -0.4 is 10.6 Å². The molecule has 1 aliphatic rings. The van der Waals surface area contributed by atoms with Gasteiger partial charge in [0.15, 0.2) is 5.69 Å². The van der Waals surface area contributed by atoms with E-state index < -0.39 is 0 Å². The van der Waals surface area contributed by atoms with Crippen LogP contribution in [0.1, 0.15) is 28.9 Å². The maximum Gasteiger partial charge on any atom is 0.273 e. The second kappa shape index (κ2) is 6.05. The number of hydrogen-bond donors (Lipinski definition) is 2. The molecule has 2 N–H and O–H groups in total. The number of nitrogens with zero attached hydrogens (tertiary/aromatic N) is 3. The Morgan fingerprint density at radius 2 is 2.00 bits per heavy atom. The monoisotopic (exact) mass is 285 g/mol. The number of benzene rings is 1. The highest BCUT2D eigenvalue weighted by Crippen LogP contribution is 2.09. The minimum absolute atomic E-state index is 0.153. The fraction of sp³-hybridized carbons (Fsp3) is 0.400. The molecule has 6 nitrogen and oxygen atoms in total. The van der Waals surface area contributed by atoms with Gasteiger partial charge in [0.05, 0.1) is 11.9 Å². The summed E-state index contributed by atoms with van der Waals surface area (Å²) in [7, 11) is 0. The summed E-state index contributed by atoms with van der Waals surface area (Å²) in [4.78, 5) is 12.2. The summed E-state index contributed by atoms with van der Waals surface area (Å²) < 4.78 is 1.62. The average Bonchev–Trinajstić information content (AvgIpc) is 2.99. The maximum atomic E-state index is 12.2. The quantitative estimate of drug-likeness (QED) is 0.884. The molecule has 1 fully saturated rings. The van der Waals surface area contributed by atoms with E-state index in [1.807, 2.05) is 31.2 Å². The molecule has 0 saturated carbocycles. The van der Waals surface area contributed by atoms with Crippen LogP contribution in [0.2, 0.25) is 0 Å². The van der Waals surface area contributed by atoms with E-state index in [1.165, 1.54) is 5.56 Å². The Morgan fingerprint density at radius 1 is 1.29 bits per heavy atom. The zero-order chi connectivity index (χ0) is 14.7. The fourth-order valence-corrected chi connectivity index (χ4v) is 2.42. The largest absolute Gasteiger partial charge is 0.348 e. The summed E-state index contributed by atoms with van der Waals surface area (Å²) in [6.45, 7) is 3.92. The van der Waals surface area contributed by atoms with Crippen molar-refractivity contribution < 1.29 is 4.79 Å². The number of piperidine rings is 1. The second-order valence-corrected chi connectivity index (χ2v) is 5.38. The number of nitrogens with one attached hydrogen (secondary N) is 2. The van der Waals surface area contributed by atoms with Crippen molar-refractivity contribution in [3.8, 4) is 5.69 Å². The first-order valence-electron chi connectivity index (χ1n) is 7.23. The third-order valence-electron chi connectivity index (χ3n) is 3.70. The molecule has 21 heavy (non-hydrogen) atoms. The third kappa shape index (κ3) is 3.28. The lowest BCUT2D eigenvalue weighted by atomic mass is 10.1. The third-order valence-corrected chi connectivity index (χ3v) is 3.70. The van der Waals surface area contributed by atoms with E-state index in [1.54, 1.807) is 10.9 Å². The minimum atomic E-state index is -0.153. The van der Waals surface area contributed by atoms with Gasteiger partial charge in [0, 0.05) is 6.04 Å². The Morgan fingerprint density at radius 3 is 2.71 bits per heavy atom. The molecule has 1 aromatic heterocycles. The number of carbonyl (C=O) groups excluding carboxylic acids is 1. The van der Waals surface area contributed by atoms with Crippen LogP contribution in [0, 0.1) is 6.92 Å². The Labute approximate surface area is 123 Å². The van der Waals surface area contributed by atoms with E-state index in [2.05, 4.69) is 20.9 Å². The molecule has 0 bridgehead atoms. The fourth-order valence-electron chi connectivity index (χ4n) is 2.42. The van der Waals surface area contributed by atoms with E-state index >= 15 is 0 Å². The summed E-state index contributed by atoms with van der Waals surface area (Å²) in [5.74, 6) is -0.153. The average molecular weight is 285 g/mol. The van der Waals surface area contributed by atoms with Gasteiger partial charge in [0.1, 0.15) is 0 Å². The number of aromatic nitrogens is 3. The van der Waals surface area contributed by atoms with Gasteiger partial charge in [-0.25, -0.2) is 4.68 Å². The van der Waals surface area contributed by atoms with Gasteiger partial charge >= 0.3 is 0 Å². The van der Waals surface area contributed by atoms with Gasteiger partial charge in [0.2, 0.25) is 0 Å². The molecule has 2 heterocycles. The van der Waals surface area contributed by atoms with Crippen LogP contribution in [0.3, 0.4) is 0 Å². The first kappa shape index (κ1) is 13.8. The van der Waals surface area contributed by atoms with Crippen molar-refractivity contribution in [2.24, 2.45) is 0 Å². The molecule has 1 amide bonds. The van der Waals surface area contributed by atoms with Crippen LogP contribution in [0.25, 0.3) is 5.69 Å². The molecule has 3 rings (SSSR count). The molecule has 1 saturated heterocycles. The lowest BCUT2D eigenvalue weighted by molar-refractivity contribution is 0.0924.